The molecule has 0 atom stereocenters. The number of hydrogen-bond acceptors (Lipinski definition) is 3. The third-order valence-corrected chi connectivity index (χ3v) is 3.34. The van der Waals surface area contributed by atoms with Crippen LogP contribution in [0.3, 0.4) is 0 Å². The van der Waals surface area contributed by atoms with Crippen molar-refractivity contribution in [2.24, 2.45) is 10.5 Å². The monoisotopic (exact) mass is 239 g/mol. The van der Waals surface area contributed by atoms with E-state index in [0.29, 0.717) is 0 Å². The topological polar surface area (TPSA) is 92.1 Å². The number of nitrogens with zero attached hydrogens (tertiary/aromatic N) is 3. The molecule has 1 aliphatic carbocycles. The standard InChI is InChI=1S/C11H17N3O3/c1-17-10(16)8-11(5-3-2-4-6-11)7-9(15)13-14-12/h2-8H2,1H3. The van der Waals surface area contributed by atoms with E-state index < -0.39 is 5.91 Å². The Morgan fingerprint density at radius 3 is 2.47 bits per heavy atom. The third-order valence-electron chi connectivity index (χ3n) is 3.34. The highest BCUT2D eigenvalue weighted by Gasteiger charge is 2.36. The van der Waals surface area contributed by atoms with Gasteiger partial charge in [0.25, 0.3) is 0 Å². The highest BCUT2D eigenvalue weighted by molar-refractivity contribution is 5.79. The van der Waals surface area contributed by atoms with E-state index >= 15 is 0 Å². The summed E-state index contributed by atoms with van der Waals surface area (Å²) in [6.07, 6.45) is 5.13. The first-order valence-electron chi connectivity index (χ1n) is 5.77. The van der Waals surface area contributed by atoms with E-state index in [1.807, 2.05) is 0 Å². The van der Waals surface area contributed by atoms with Crippen LogP contribution in [0.15, 0.2) is 5.11 Å². The normalized spacial score (nSPS) is 17.9. The summed E-state index contributed by atoms with van der Waals surface area (Å²) >= 11 is 0. The second-order valence-corrected chi connectivity index (χ2v) is 4.57. The molecule has 6 heteroatoms. The van der Waals surface area contributed by atoms with E-state index in [0.717, 1.165) is 32.1 Å². The molecule has 17 heavy (non-hydrogen) atoms. The lowest BCUT2D eigenvalue weighted by molar-refractivity contribution is -0.144. The molecule has 0 aliphatic heterocycles. The van der Waals surface area contributed by atoms with Gasteiger partial charge >= 0.3 is 5.97 Å². The van der Waals surface area contributed by atoms with E-state index in [9.17, 15) is 9.59 Å². The summed E-state index contributed by atoms with van der Waals surface area (Å²) in [5, 5.41) is 3.09. The number of rotatable bonds is 4. The number of hydrogen-bond donors (Lipinski definition) is 0. The van der Waals surface area contributed by atoms with Crippen LogP contribution in [0, 0.1) is 5.41 Å². The lowest BCUT2D eigenvalue weighted by atomic mass is 9.69. The second kappa shape index (κ2) is 6.25. The van der Waals surface area contributed by atoms with Crippen LogP contribution in [0.1, 0.15) is 44.9 Å². The van der Waals surface area contributed by atoms with Gasteiger partial charge in [0.1, 0.15) is 0 Å². The molecule has 0 spiro atoms. The van der Waals surface area contributed by atoms with E-state index in [2.05, 4.69) is 14.8 Å². The largest absolute Gasteiger partial charge is 0.469 e. The first-order chi connectivity index (χ1) is 8.12. The van der Waals surface area contributed by atoms with Crippen molar-refractivity contribution >= 4 is 11.9 Å². The van der Waals surface area contributed by atoms with Gasteiger partial charge in [0, 0.05) is 11.3 Å². The Balaban J connectivity index is 2.73. The third kappa shape index (κ3) is 4.07. The molecule has 0 aromatic carbocycles. The van der Waals surface area contributed by atoms with Crippen LogP contribution in [-0.4, -0.2) is 19.0 Å². The fraction of sp³-hybridized carbons (Fsp3) is 0.818. The van der Waals surface area contributed by atoms with Crippen molar-refractivity contribution in [1.82, 2.24) is 0 Å². The fourth-order valence-corrected chi connectivity index (χ4v) is 2.50. The molecule has 0 aromatic heterocycles. The van der Waals surface area contributed by atoms with Gasteiger partial charge in [-0.15, -0.1) is 0 Å². The Labute approximate surface area is 100.0 Å². The summed E-state index contributed by atoms with van der Waals surface area (Å²) in [4.78, 5) is 25.3. The van der Waals surface area contributed by atoms with Crippen LogP contribution in [0.4, 0.5) is 0 Å². The summed E-state index contributed by atoms with van der Waals surface area (Å²) in [6, 6.07) is 0. The van der Waals surface area contributed by atoms with Crippen molar-refractivity contribution < 1.29 is 14.3 Å². The molecule has 0 aromatic rings. The van der Waals surface area contributed by atoms with Crippen LogP contribution in [0.25, 0.3) is 10.4 Å². The van der Waals surface area contributed by atoms with Crippen LogP contribution in [0.2, 0.25) is 0 Å². The molecule has 0 unspecified atom stereocenters. The summed E-state index contributed by atoms with van der Waals surface area (Å²) in [7, 11) is 1.34. The molecule has 0 heterocycles. The highest BCUT2D eigenvalue weighted by atomic mass is 16.5. The second-order valence-electron chi connectivity index (χ2n) is 4.57. The van der Waals surface area contributed by atoms with Crippen LogP contribution in [0.5, 0.6) is 0 Å². The Morgan fingerprint density at radius 1 is 1.29 bits per heavy atom. The van der Waals surface area contributed by atoms with Crippen molar-refractivity contribution in [1.29, 1.82) is 0 Å². The van der Waals surface area contributed by atoms with Crippen molar-refractivity contribution in [3.05, 3.63) is 10.4 Å². The SMILES string of the molecule is COC(=O)CC1(CC(=O)N=[N+]=[N-])CCCCC1. The minimum absolute atomic E-state index is 0.145. The molecule has 0 radical (unpaired) electrons. The first kappa shape index (κ1) is 13.5. The Kier molecular flexibility index (Phi) is 4.97. The van der Waals surface area contributed by atoms with Gasteiger partial charge in [0.05, 0.1) is 13.5 Å². The predicted octanol–water partition coefficient (Wildman–Crippen LogP) is 2.73. The van der Waals surface area contributed by atoms with Gasteiger partial charge in [0.15, 0.2) is 0 Å². The van der Waals surface area contributed by atoms with E-state index in [1.54, 1.807) is 0 Å². The lowest BCUT2D eigenvalue weighted by Gasteiger charge is -2.35. The quantitative estimate of drug-likeness (QED) is 0.327. The average Bonchev–Trinajstić information content (AvgIpc) is 2.30. The minimum Gasteiger partial charge on any atom is -0.469 e. The molecule has 1 rings (SSSR count). The molecule has 1 aliphatic rings. The minimum atomic E-state index is -0.488. The number of azide groups is 1. The van der Waals surface area contributed by atoms with Gasteiger partial charge < -0.3 is 4.74 Å². The Bertz CT molecular complexity index is 342. The number of ether oxygens (including phenoxy) is 1. The lowest BCUT2D eigenvalue weighted by Crippen LogP contribution is -2.30. The van der Waals surface area contributed by atoms with E-state index in [1.165, 1.54) is 7.11 Å². The van der Waals surface area contributed by atoms with Gasteiger partial charge in [-0.1, -0.05) is 19.3 Å². The number of amides is 1. The molecule has 94 valence electrons. The number of methoxy groups -OCH3 is 1. The molecule has 1 saturated carbocycles. The Hall–Kier alpha value is -1.55. The van der Waals surface area contributed by atoms with Gasteiger partial charge in [-0.3, -0.25) is 9.59 Å². The zero-order valence-electron chi connectivity index (χ0n) is 10.0. The maximum atomic E-state index is 11.4. The summed E-state index contributed by atoms with van der Waals surface area (Å²) in [5.41, 5.74) is 7.86. The van der Waals surface area contributed by atoms with Gasteiger partial charge in [-0.25, -0.2) is 0 Å². The predicted molar refractivity (Wildman–Crippen MR) is 60.9 cm³/mol. The number of esters is 1. The smallest absolute Gasteiger partial charge is 0.306 e. The summed E-state index contributed by atoms with van der Waals surface area (Å²) < 4.78 is 4.67. The van der Waals surface area contributed by atoms with Crippen molar-refractivity contribution in [3.63, 3.8) is 0 Å². The molecular formula is C11H17N3O3. The van der Waals surface area contributed by atoms with E-state index in [-0.39, 0.29) is 24.2 Å². The molecule has 1 fully saturated rings. The zero-order valence-corrected chi connectivity index (χ0v) is 10.0. The van der Waals surface area contributed by atoms with Crippen LogP contribution >= 0.6 is 0 Å². The summed E-state index contributed by atoms with van der Waals surface area (Å²) in [6.45, 7) is 0. The first-order valence-corrected chi connectivity index (χ1v) is 5.77. The van der Waals surface area contributed by atoms with Crippen LogP contribution in [-0.2, 0) is 14.3 Å². The van der Waals surface area contributed by atoms with E-state index in [4.69, 9.17) is 5.53 Å². The van der Waals surface area contributed by atoms with Crippen molar-refractivity contribution in [3.8, 4) is 0 Å². The number of carbonyl (C=O) groups excluding carboxylic acids is 2. The zero-order chi connectivity index (χ0) is 12.7. The van der Waals surface area contributed by atoms with Crippen molar-refractivity contribution in [2.75, 3.05) is 7.11 Å². The van der Waals surface area contributed by atoms with Gasteiger partial charge in [0.2, 0.25) is 5.91 Å². The fourth-order valence-electron chi connectivity index (χ4n) is 2.50. The van der Waals surface area contributed by atoms with Gasteiger partial charge in [-0.2, -0.15) is 0 Å². The molecule has 0 N–H and O–H groups in total. The van der Waals surface area contributed by atoms with Gasteiger partial charge in [-0.05, 0) is 28.9 Å². The molecular weight excluding hydrogens is 222 g/mol. The molecule has 6 nitrogen and oxygen atoms in total. The number of carbonyl (C=O) groups is 2. The van der Waals surface area contributed by atoms with Crippen LogP contribution < -0.4 is 0 Å². The molecule has 0 bridgehead atoms. The Morgan fingerprint density at radius 2 is 1.94 bits per heavy atom. The average molecular weight is 239 g/mol. The molecule has 0 saturated heterocycles. The maximum absolute atomic E-state index is 11.4. The highest BCUT2D eigenvalue weighted by Crippen LogP contribution is 2.42. The molecule has 1 amide bonds. The van der Waals surface area contributed by atoms with Crippen molar-refractivity contribution in [2.45, 2.75) is 44.9 Å². The summed E-state index contributed by atoms with van der Waals surface area (Å²) in [5.74, 6) is -0.793. The maximum Gasteiger partial charge on any atom is 0.306 e.